The van der Waals surface area contributed by atoms with Crippen LogP contribution in [0.1, 0.15) is 26.5 Å². The number of benzene rings is 1. The number of hydrogen-bond donors (Lipinski definition) is 2. The molecule has 2 aromatic rings. The van der Waals surface area contributed by atoms with Gasteiger partial charge in [0.1, 0.15) is 0 Å². The Labute approximate surface area is 128 Å². The van der Waals surface area contributed by atoms with Crippen LogP contribution in [0.15, 0.2) is 33.2 Å². The van der Waals surface area contributed by atoms with E-state index in [9.17, 15) is 4.79 Å². The molecule has 2 N–H and O–H groups in total. The normalized spacial score (nSPS) is 11.9. The molecule has 0 spiro atoms. The molecule has 7 nitrogen and oxygen atoms in total. The van der Waals surface area contributed by atoms with E-state index in [-0.39, 0.29) is 16.7 Å². The molecule has 1 aromatic heterocycles. The summed E-state index contributed by atoms with van der Waals surface area (Å²) in [5.74, 6) is 1.16. The Hall–Kier alpha value is -2.57. The number of rotatable bonds is 4. The van der Waals surface area contributed by atoms with Crippen LogP contribution >= 0.6 is 0 Å². The van der Waals surface area contributed by atoms with E-state index >= 15 is 0 Å². The summed E-state index contributed by atoms with van der Waals surface area (Å²) in [4.78, 5) is 11.8. The van der Waals surface area contributed by atoms with Crippen molar-refractivity contribution >= 4 is 11.4 Å². The molecule has 0 saturated heterocycles. The monoisotopic (exact) mass is 304 g/mol. The Bertz CT molecular complexity index is 738. The van der Waals surface area contributed by atoms with Gasteiger partial charge in [-0.2, -0.15) is 5.11 Å². The minimum absolute atomic E-state index is 0.245. The van der Waals surface area contributed by atoms with Gasteiger partial charge in [-0.05, 0) is 12.1 Å². The second kappa shape index (κ2) is 6.05. The van der Waals surface area contributed by atoms with Crippen LogP contribution in [0.3, 0.4) is 0 Å². The maximum absolute atomic E-state index is 11.8. The molecule has 0 radical (unpaired) electrons. The summed E-state index contributed by atoms with van der Waals surface area (Å²) >= 11 is 0. The van der Waals surface area contributed by atoms with E-state index < -0.39 is 0 Å². The van der Waals surface area contributed by atoms with Crippen LogP contribution in [0.25, 0.3) is 0 Å². The largest absolute Gasteiger partial charge is 0.493 e. The van der Waals surface area contributed by atoms with Gasteiger partial charge < -0.3 is 9.47 Å². The lowest BCUT2D eigenvalue weighted by molar-refractivity contribution is 0.355. The fourth-order valence-corrected chi connectivity index (χ4v) is 1.98. The lowest BCUT2D eigenvalue weighted by Crippen LogP contribution is -2.12. The molecule has 2 rings (SSSR count). The number of azo groups is 1. The van der Waals surface area contributed by atoms with Gasteiger partial charge in [0.25, 0.3) is 5.56 Å². The van der Waals surface area contributed by atoms with E-state index in [0.717, 1.165) is 0 Å². The summed E-state index contributed by atoms with van der Waals surface area (Å²) in [5.41, 5.74) is 1.02. The molecular formula is C15H20N4O3. The number of methoxy groups -OCH3 is 2. The van der Waals surface area contributed by atoms with Crippen LogP contribution in [0.2, 0.25) is 0 Å². The second-order valence-corrected chi connectivity index (χ2v) is 5.79. The summed E-state index contributed by atoms with van der Waals surface area (Å²) in [5, 5.41) is 13.6. The molecule has 0 unspecified atom stereocenters. The smallest absolute Gasteiger partial charge is 0.292 e. The molecule has 0 bridgehead atoms. The third kappa shape index (κ3) is 3.19. The van der Waals surface area contributed by atoms with E-state index in [1.54, 1.807) is 32.4 Å². The van der Waals surface area contributed by atoms with Gasteiger partial charge >= 0.3 is 0 Å². The lowest BCUT2D eigenvalue weighted by Gasteiger charge is -2.15. The standard InChI is InChI=1S/C15H20N4O3/c1-15(2,3)13-12(14(20)19-18-13)17-16-9-6-7-10(21-4)11(8-9)22-5/h6-8H,1-5H3,(H2,18,19,20). The fourth-order valence-electron chi connectivity index (χ4n) is 1.98. The third-order valence-electron chi connectivity index (χ3n) is 3.14. The first-order valence-electron chi connectivity index (χ1n) is 6.81. The molecule has 118 valence electrons. The minimum atomic E-state index is -0.297. The van der Waals surface area contributed by atoms with Gasteiger partial charge in [0.05, 0.1) is 25.6 Å². The zero-order chi connectivity index (χ0) is 16.3. The topological polar surface area (TPSA) is 91.8 Å². The summed E-state index contributed by atoms with van der Waals surface area (Å²) in [6, 6.07) is 5.17. The number of aromatic nitrogens is 2. The van der Waals surface area contributed by atoms with Crippen molar-refractivity contribution in [2.45, 2.75) is 26.2 Å². The van der Waals surface area contributed by atoms with Gasteiger partial charge in [-0.25, -0.2) is 0 Å². The van der Waals surface area contributed by atoms with Crippen LogP contribution < -0.4 is 15.0 Å². The molecule has 0 aliphatic carbocycles. The van der Waals surface area contributed by atoms with Crippen LogP contribution in [0.5, 0.6) is 11.5 Å². The first-order valence-corrected chi connectivity index (χ1v) is 6.81. The van der Waals surface area contributed by atoms with Crippen molar-refractivity contribution in [1.82, 2.24) is 10.2 Å². The number of ether oxygens (including phenoxy) is 2. The van der Waals surface area contributed by atoms with Gasteiger partial charge in [0, 0.05) is 11.5 Å². The quantitative estimate of drug-likeness (QED) is 0.847. The molecule has 0 aliphatic heterocycles. The average Bonchev–Trinajstić information content (AvgIpc) is 2.85. The maximum Gasteiger partial charge on any atom is 0.292 e. The van der Waals surface area contributed by atoms with Crippen molar-refractivity contribution in [3.63, 3.8) is 0 Å². The average molecular weight is 304 g/mol. The highest BCUT2D eigenvalue weighted by molar-refractivity contribution is 5.52. The molecule has 0 saturated carbocycles. The Kier molecular flexibility index (Phi) is 4.35. The summed E-state index contributed by atoms with van der Waals surface area (Å²) in [6.07, 6.45) is 0. The van der Waals surface area contributed by atoms with E-state index in [0.29, 0.717) is 22.9 Å². The van der Waals surface area contributed by atoms with Crippen LogP contribution in [-0.4, -0.2) is 24.4 Å². The number of aromatic amines is 2. The predicted molar refractivity (Wildman–Crippen MR) is 83.8 cm³/mol. The van der Waals surface area contributed by atoms with Crippen molar-refractivity contribution in [3.8, 4) is 11.5 Å². The summed E-state index contributed by atoms with van der Waals surface area (Å²) in [6.45, 7) is 5.96. The molecule has 1 aromatic carbocycles. The highest BCUT2D eigenvalue weighted by Crippen LogP contribution is 2.32. The SMILES string of the molecule is COc1ccc(N=Nc2c(C(C)(C)C)[nH][nH]c2=O)cc1OC. The second-order valence-electron chi connectivity index (χ2n) is 5.79. The Morgan fingerprint density at radius 3 is 2.27 bits per heavy atom. The highest BCUT2D eigenvalue weighted by Gasteiger charge is 2.22. The number of hydrogen-bond acceptors (Lipinski definition) is 5. The zero-order valence-corrected chi connectivity index (χ0v) is 13.4. The molecule has 0 atom stereocenters. The molecule has 22 heavy (non-hydrogen) atoms. The number of nitrogens with one attached hydrogen (secondary N) is 2. The molecular weight excluding hydrogens is 284 g/mol. The van der Waals surface area contributed by atoms with Crippen molar-refractivity contribution in [2.24, 2.45) is 10.2 Å². The molecule has 0 fully saturated rings. The van der Waals surface area contributed by atoms with Gasteiger partial charge in [0.2, 0.25) is 0 Å². The van der Waals surface area contributed by atoms with Gasteiger partial charge in [-0.3, -0.25) is 15.0 Å². The van der Waals surface area contributed by atoms with E-state index in [2.05, 4.69) is 20.4 Å². The molecule has 0 amide bonds. The van der Waals surface area contributed by atoms with Crippen molar-refractivity contribution < 1.29 is 9.47 Å². The zero-order valence-electron chi connectivity index (χ0n) is 13.4. The Morgan fingerprint density at radius 1 is 1.00 bits per heavy atom. The van der Waals surface area contributed by atoms with Crippen molar-refractivity contribution in [3.05, 3.63) is 34.2 Å². The third-order valence-corrected chi connectivity index (χ3v) is 3.14. The summed E-state index contributed by atoms with van der Waals surface area (Å²) < 4.78 is 10.4. The molecule has 1 heterocycles. The Morgan fingerprint density at radius 2 is 1.68 bits per heavy atom. The Balaban J connectivity index is 2.38. The van der Waals surface area contributed by atoms with Crippen molar-refractivity contribution in [2.75, 3.05) is 14.2 Å². The lowest BCUT2D eigenvalue weighted by atomic mass is 9.91. The first-order chi connectivity index (χ1) is 10.4. The van der Waals surface area contributed by atoms with Gasteiger partial charge in [-0.1, -0.05) is 20.8 Å². The molecule has 7 heteroatoms. The van der Waals surface area contributed by atoms with Crippen LogP contribution in [0, 0.1) is 0 Å². The number of H-pyrrole nitrogens is 2. The van der Waals surface area contributed by atoms with Gasteiger partial charge in [0.15, 0.2) is 17.2 Å². The van der Waals surface area contributed by atoms with Gasteiger partial charge in [-0.15, -0.1) is 5.11 Å². The van der Waals surface area contributed by atoms with E-state index in [1.807, 2.05) is 20.8 Å². The predicted octanol–water partition coefficient (Wildman–Crippen LogP) is 3.43. The van der Waals surface area contributed by atoms with Crippen LogP contribution in [-0.2, 0) is 5.41 Å². The first kappa shape index (κ1) is 15.8. The highest BCUT2D eigenvalue weighted by atomic mass is 16.5. The molecule has 0 aliphatic rings. The number of nitrogens with zero attached hydrogens (tertiary/aromatic N) is 2. The van der Waals surface area contributed by atoms with E-state index in [4.69, 9.17) is 9.47 Å². The summed E-state index contributed by atoms with van der Waals surface area (Å²) in [7, 11) is 3.11. The van der Waals surface area contributed by atoms with Crippen LogP contribution in [0.4, 0.5) is 11.4 Å². The van der Waals surface area contributed by atoms with E-state index in [1.165, 1.54) is 0 Å². The maximum atomic E-state index is 11.8. The van der Waals surface area contributed by atoms with Crippen molar-refractivity contribution in [1.29, 1.82) is 0 Å². The fraction of sp³-hybridized carbons (Fsp3) is 0.400. The minimum Gasteiger partial charge on any atom is -0.493 e.